The smallest absolute Gasteiger partial charge is 0.318 e. The second-order valence-corrected chi connectivity index (χ2v) is 6.93. The highest BCUT2D eigenvalue weighted by molar-refractivity contribution is 6.20. The molecule has 1 aliphatic carbocycles. The molecule has 1 N–H and O–H groups in total. The summed E-state index contributed by atoms with van der Waals surface area (Å²) in [6, 6.07) is 9.44. The number of alkyl halides is 1. The minimum absolute atomic E-state index is 0.0121. The summed E-state index contributed by atoms with van der Waals surface area (Å²) >= 11 is 6.25. The highest BCUT2D eigenvalue weighted by Crippen LogP contribution is 2.40. The molecular weight excluding hydrogens is 314 g/mol. The highest BCUT2D eigenvalue weighted by Gasteiger charge is 2.49. The van der Waals surface area contributed by atoms with Crippen LogP contribution in [0.25, 0.3) is 0 Å². The SMILES string of the molecule is CCOC(=O)C1C(=O)C2CC(Cl)CCC2NC1c1ccccc1. The lowest BCUT2D eigenvalue weighted by Crippen LogP contribution is -2.57. The topological polar surface area (TPSA) is 55.4 Å². The fraction of sp³-hybridized carbons (Fsp3) is 0.556. The molecule has 0 aromatic heterocycles. The van der Waals surface area contributed by atoms with Gasteiger partial charge in [-0.3, -0.25) is 9.59 Å². The number of halogens is 1. The largest absolute Gasteiger partial charge is 0.465 e. The van der Waals surface area contributed by atoms with Crippen LogP contribution in [0.5, 0.6) is 0 Å². The third-order valence-corrected chi connectivity index (χ3v) is 5.28. The number of Topliss-reactive ketones (excluding diaryl/α,β-unsaturated/α-hetero) is 1. The van der Waals surface area contributed by atoms with Crippen LogP contribution in [0.4, 0.5) is 0 Å². The standard InChI is InChI=1S/C18H22ClNO3/c1-2-23-18(22)15-16(11-6-4-3-5-7-11)20-14-9-8-12(19)10-13(14)17(15)21/h3-7,12-16,20H,2,8-10H2,1H3. The Morgan fingerprint density at radius 1 is 1.30 bits per heavy atom. The Bertz CT molecular complexity index is 577. The van der Waals surface area contributed by atoms with E-state index in [1.54, 1.807) is 6.92 Å². The summed E-state index contributed by atoms with van der Waals surface area (Å²) in [4.78, 5) is 25.4. The van der Waals surface area contributed by atoms with E-state index in [2.05, 4.69) is 5.32 Å². The quantitative estimate of drug-likeness (QED) is 0.524. The van der Waals surface area contributed by atoms with Gasteiger partial charge >= 0.3 is 5.97 Å². The molecule has 124 valence electrons. The van der Waals surface area contributed by atoms with Crippen LogP contribution in [0.1, 0.15) is 37.8 Å². The van der Waals surface area contributed by atoms with Crippen molar-refractivity contribution in [1.29, 1.82) is 0 Å². The van der Waals surface area contributed by atoms with Crippen molar-refractivity contribution in [3.05, 3.63) is 35.9 Å². The second kappa shape index (κ2) is 7.02. The zero-order valence-electron chi connectivity index (χ0n) is 13.2. The van der Waals surface area contributed by atoms with E-state index in [0.29, 0.717) is 6.42 Å². The van der Waals surface area contributed by atoms with Crippen LogP contribution in [-0.2, 0) is 14.3 Å². The van der Waals surface area contributed by atoms with Crippen molar-refractivity contribution in [2.75, 3.05) is 6.61 Å². The number of ether oxygens (including phenoxy) is 1. The van der Waals surface area contributed by atoms with Crippen LogP contribution >= 0.6 is 11.6 Å². The summed E-state index contributed by atoms with van der Waals surface area (Å²) in [5.74, 6) is -1.44. The van der Waals surface area contributed by atoms with Gasteiger partial charge in [-0.2, -0.15) is 0 Å². The first-order valence-corrected chi connectivity index (χ1v) is 8.71. The number of nitrogens with one attached hydrogen (secondary N) is 1. The highest BCUT2D eigenvalue weighted by atomic mass is 35.5. The van der Waals surface area contributed by atoms with Crippen LogP contribution in [0.15, 0.2) is 30.3 Å². The number of hydrogen-bond acceptors (Lipinski definition) is 4. The van der Waals surface area contributed by atoms with E-state index in [-0.39, 0.29) is 35.8 Å². The van der Waals surface area contributed by atoms with Gasteiger partial charge in [-0.1, -0.05) is 30.3 Å². The van der Waals surface area contributed by atoms with E-state index >= 15 is 0 Å². The molecule has 5 unspecified atom stereocenters. The van der Waals surface area contributed by atoms with Crippen molar-refractivity contribution < 1.29 is 14.3 Å². The lowest BCUT2D eigenvalue weighted by atomic mass is 9.71. The lowest BCUT2D eigenvalue weighted by molar-refractivity contribution is -0.157. The number of fused-ring (bicyclic) bond motifs is 1. The van der Waals surface area contributed by atoms with Crippen molar-refractivity contribution in [3.63, 3.8) is 0 Å². The molecule has 5 atom stereocenters. The van der Waals surface area contributed by atoms with Gasteiger partial charge in [0, 0.05) is 17.3 Å². The third kappa shape index (κ3) is 3.29. The van der Waals surface area contributed by atoms with Crippen molar-refractivity contribution in [3.8, 4) is 0 Å². The zero-order valence-corrected chi connectivity index (χ0v) is 14.0. The molecule has 2 fully saturated rings. The van der Waals surface area contributed by atoms with Crippen LogP contribution in [0.3, 0.4) is 0 Å². The summed E-state index contributed by atoms with van der Waals surface area (Å²) in [6.45, 7) is 2.03. The minimum Gasteiger partial charge on any atom is -0.465 e. The predicted octanol–water partition coefficient (Wildman–Crippen LogP) is 2.86. The molecule has 23 heavy (non-hydrogen) atoms. The molecule has 1 saturated heterocycles. The summed E-state index contributed by atoms with van der Waals surface area (Å²) < 4.78 is 5.18. The van der Waals surface area contributed by atoms with Crippen molar-refractivity contribution >= 4 is 23.4 Å². The summed E-state index contributed by atoms with van der Waals surface area (Å²) in [7, 11) is 0. The molecule has 0 bridgehead atoms. The second-order valence-electron chi connectivity index (χ2n) is 6.31. The number of hydrogen-bond donors (Lipinski definition) is 1. The number of rotatable bonds is 3. The molecule has 1 aliphatic heterocycles. The van der Waals surface area contributed by atoms with Gasteiger partial charge in [0.2, 0.25) is 0 Å². The van der Waals surface area contributed by atoms with Gasteiger partial charge < -0.3 is 10.1 Å². The fourth-order valence-corrected chi connectivity index (χ4v) is 4.11. The minimum atomic E-state index is -0.791. The average molecular weight is 336 g/mol. The van der Waals surface area contributed by atoms with Crippen LogP contribution in [0, 0.1) is 11.8 Å². The Morgan fingerprint density at radius 2 is 2.04 bits per heavy atom. The third-order valence-electron chi connectivity index (χ3n) is 4.88. The number of esters is 1. The van der Waals surface area contributed by atoms with Gasteiger partial charge in [-0.25, -0.2) is 0 Å². The van der Waals surface area contributed by atoms with Crippen molar-refractivity contribution in [1.82, 2.24) is 5.32 Å². The summed E-state index contributed by atoms with van der Waals surface area (Å²) in [6.07, 6.45) is 2.40. The van der Waals surface area contributed by atoms with E-state index in [0.717, 1.165) is 18.4 Å². The first-order chi connectivity index (χ1) is 11.1. The molecule has 1 heterocycles. The van der Waals surface area contributed by atoms with Gasteiger partial charge in [-0.15, -0.1) is 11.6 Å². The Kier molecular flexibility index (Phi) is 5.02. The van der Waals surface area contributed by atoms with E-state index < -0.39 is 11.9 Å². The maximum absolute atomic E-state index is 13.0. The number of piperidine rings is 1. The molecule has 2 aliphatic rings. The lowest BCUT2D eigenvalue weighted by Gasteiger charge is -2.44. The van der Waals surface area contributed by atoms with Crippen molar-refractivity contribution in [2.45, 2.75) is 43.6 Å². The number of carbonyl (C=O) groups excluding carboxylic acids is 2. The Balaban J connectivity index is 1.93. The summed E-state index contributed by atoms with van der Waals surface area (Å²) in [5, 5.41) is 3.54. The first kappa shape index (κ1) is 16.5. The molecular formula is C18H22ClNO3. The molecule has 0 amide bonds. The number of ketones is 1. The van der Waals surface area contributed by atoms with Gasteiger partial charge in [-0.05, 0) is 31.7 Å². The molecule has 3 rings (SSSR count). The molecule has 1 aromatic carbocycles. The fourth-order valence-electron chi connectivity index (χ4n) is 3.79. The van der Waals surface area contributed by atoms with Crippen LogP contribution in [0.2, 0.25) is 0 Å². The Hall–Kier alpha value is -1.39. The average Bonchev–Trinajstić information content (AvgIpc) is 2.56. The van der Waals surface area contributed by atoms with Gasteiger partial charge in [0.25, 0.3) is 0 Å². The molecule has 5 heteroatoms. The maximum Gasteiger partial charge on any atom is 0.318 e. The van der Waals surface area contributed by atoms with E-state index in [9.17, 15) is 9.59 Å². The van der Waals surface area contributed by atoms with Crippen LogP contribution < -0.4 is 5.32 Å². The normalized spacial score (nSPS) is 33.8. The number of benzene rings is 1. The van der Waals surface area contributed by atoms with Gasteiger partial charge in [0.1, 0.15) is 5.92 Å². The number of carbonyl (C=O) groups is 2. The van der Waals surface area contributed by atoms with E-state index in [4.69, 9.17) is 16.3 Å². The van der Waals surface area contributed by atoms with E-state index in [1.807, 2.05) is 30.3 Å². The molecule has 0 radical (unpaired) electrons. The predicted molar refractivity (Wildman–Crippen MR) is 88.2 cm³/mol. The molecule has 4 nitrogen and oxygen atoms in total. The van der Waals surface area contributed by atoms with Gasteiger partial charge in [0.15, 0.2) is 5.78 Å². The summed E-state index contributed by atoms with van der Waals surface area (Å²) in [5.41, 5.74) is 0.949. The monoisotopic (exact) mass is 335 g/mol. The Morgan fingerprint density at radius 3 is 2.74 bits per heavy atom. The van der Waals surface area contributed by atoms with Gasteiger partial charge in [0.05, 0.1) is 12.6 Å². The Labute approximate surface area is 141 Å². The molecule has 1 saturated carbocycles. The maximum atomic E-state index is 13.0. The van der Waals surface area contributed by atoms with Crippen molar-refractivity contribution in [2.24, 2.45) is 11.8 Å². The first-order valence-electron chi connectivity index (χ1n) is 8.27. The molecule has 0 spiro atoms. The van der Waals surface area contributed by atoms with E-state index in [1.165, 1.54) is 0 Å². The molecule has 1 aromatic rings. The van der Waals surface area contributed by atoms with Crippen LogP contribution in [-0.4, -0.2) is 29.8 Å². The zero-order chi connectivity index (χ0) is 16.4.